The van der Waals surface area contributed by atoms with Crippen LogP contribution >= 0.6 is 0 Å². The number of rotatable bonds is 12. The number of ketones is 1. The molecule has 428 valence electrons. The van der Waals surface area contributed by atoms with Crippen molar-refractivity contribution >= 4 is 59.1 Å². The minimum absolute atomic E-state index is 0.00975. The van der Waals surface area contributed by atoms with Gasteiger partial charge in [0, 0.05) is 33.1 Å². The summed E-state index contributed by atoms with van der Waals surface area (Å²) in [5.41, 5.74) is 1.50. The molecule has 0 bridgehead atoms. The predicted octanol–water partition coefficient (Wildman–Crippen LogP) is 2.19. The number of aliphatic hydroxyl groups excluding tert-OH is 2. The molecule has 5 N–H and O–H groups in total. The Morgan fingerprint density at radius 2 is 1.45 bits per heavy atom. The SMILES string of the molecule is CC[C@H](C)[C@H]1NC(=O)[C@@H](NC(=O)[C@@H](CC(C)C)N(C)C(=O)[C@@H]2CCCN2C(=O)[C@H](C)O)[C@@H](C)OC(=O)[C@@H]2Cc3ccccc3CN2C(=O)[C@@H]2CCCN2C(=O)[C@H](CC(C)C)NC(=O)[C@@H](C)C(=O)C(C(C)C)OC(=O)C[C@@H]1O. The summed E-state index contributed by atoms with van der Waals surface area (Å²) >= 11 is 0. The van der Waals surface area contributed by atoms with Gasteiger partial charge in [0.1, 0.15) is 48.5 Å². The number of amides is 7. The molecule has 4 aliphatic rings. The average Bonchev–Trinajstić information content (AvgIpc) is 4.08. The number of nitrogens with one attached hydrogen (secondary N) is 3. The molecule has 0 saturated carbocycles. The average molecular weight is 1080 g/mol. The highest BCUT2D eigenvalue weighted by atomic mass is 16.6. The number of fused-ring (bicyclic) bond motifs is 3. The number of hydrogen-bond donors (Lipinski definition) is 5. The van der Waals surface area contributed by atoms with Crippen molar-refractivity contribution in [1.29, 1.82) is 0 Å². The maximum Gasteiger partial charge on any atom is 0.329 e. The van der Waals surface area contributed by atoms with Crippen LogP contribution in [-0.2, 0) is 70.4 Å². The lowest BCUT2D eigenvalue weighted by molar-refractivity contribution is -0.164. The van der Waals surface area contributed by atoms with Crippen molar-refractivity contribution in [2.75, 3.05) is 20.1 Å². The van der Waals surface area contributed by atoms with Crippen LogP contribution in [0.5, 0.6) is 0 Å². The molecule has 0 aromatic heterocycles. The van der Waals surface area contributed by atoms with Gasteiger partial charge in [-0.3, -0.25) is 43.2 Å². The second-order valence-electron chi connectivity index (χ2n) is 22.9. The number of nitrogens with zero attached hydrogens (tertiary/aromatic N) is 4. The van der Waals surface area contributed by atoms with Gasteiger partial charge in [-0.2, -0.15) is 0 Å². The van der Waals surface area contributed by atoms with Crippen molar-refractivity contribution in [2.45, 2.75) is 207 Å². The van der Waals surface area contributed by atoms with Crippen molar-refractivity contribution in [2.24, 2.45) is 29.6 Å². The molecule has 4 heterocycles. The summed E-state index contributed by atoms with van der Waals surface area (Å²) in [7, 11) is 1.41. The molecule has 4 aliphatic heterocycles. The molecule has 0 aliphatic carbocycles. The van der Waals surface area contributed by atoms with E-state index in [1.165, 1.54) is 47.4 Å². The van der Waals surface area contributed by atoms with Gasteiger partial charge in [-0.1, -0.05) is 86.1 Å². The van der Waals surface area contributed by atoms with Gasteiger partial charge in [0.25, 0.3) is 5.91 Å². The molecule has 77 heavy (non-hydrogen) atoms. The molecule has 0 radical (unpaired) electrons. The highest BCUT2D eigenvalue weighted by Gasteiger charge is 2.47. The molecule has 21 nitrogen and oxygen atoms in total. The van der Waals surface area contributed by atoms with Gasteiger partial charge in [0.15, 0.2) is 11.9 Å². The van der Waals surface area contributed by atoms with E-state index in [0.717, 1.165) is 11.1 Å². The fraction of sp³-hybridized carbons (Fsp3) is 0.714. The van der Waals surface area contributed by atoms with Crippen LogP contribution < -0.4 is 16.0 Å². The summed E-state index contributed by atoms with van der Waals surface area (Å²) in [6, 6.07) is -1.40. The minimum Gasteiger partial charge on any atom is -0.458 e. The molecule has 0 spiro atoms. The molecule has 7 amide bonds. The maximum atomic E-state index is 15.1. The molecule has 5 rings (SSSR count). The highest BCUT2D eigenvalue weighted by molar-refractivity contribution is 6.05. The zero-order chi connectivity index (χ0) is 57.3. The third-order valence-corrected chi connectivity index (χ3v) is 15.6. The van der Waals surface area contributed by atoms with E-state index in [2.05, 4.69) is 16.0 Å². The fourth-order valence-corrected chi connectivity index (χ4v) is 10.9. The minimum atomic E-state index is -1.73. The number of benzene rings is 1. The first-order chi connectivity index (χ1) is 36.2. The van der Waals surface area contributed by atoms with Gasteiger partial charge in [-0.25, -0.2) is 4.79 Å². The van der Waals surface area contributed by atoms with Crippen LogP contribution in [-0.4, -0.2) is 176 Å². The van der Waals surface area contributed by atoms with Gasteiger partial charge >= 0.3 is 11.9 Å². The number of ether oxygens (including phenoxy) is 2. The van der Waals surface area contributed by atoms with Crippen molar-refractivity contribution in [3.8, 4) is 0 Å². The summed E-state index contributed by atoms with van der Waals surface area (Å²) < 4.78 is 11.9. The lowest BCUT2D eigenvalue weighted by Crippen LogP contribution is -2.62. The number of likely N-dealkylation sites (tertiary alicyclic amines) is 1. The number of cyclic esters (lactones) is 2. The Kier molecular flexibility index (Phi) is 21.8. The smallest absolute Gasteiger partial charge is 0.329 e. The first kappa shape index (κ1) is 61.9. The van der Waals surface area contributed by atoms with Crippen LogP contribution in [0.15, 0.2) is 24.3 Å². The molecule has 1 aromatic carbocycles. The van der Waals surface area contributed by atoms with Crippen LogP contribution in [0.3, 0.4) is 0 Å². The zero-order valence-electron chi connectivity index (χ0n) is 47.1. The standard InChI is InChI=1S/C56H85N7O14/c1-13-32(8)45-43(65)27-44(66)77-48(31(6)7)47(67)33(9)49(68)57-38(24-29(2)3)53(72)62-23-17-21-40(62)55(74)63-28-37-19-15-14-18-36(37)26-42(63)56(75)76-35(11)46(51(70)58-45)59-50(69)41(25-30(4)5)60(12)54(73)39-20-16-22-61(39)52(71)34(10)64/h14-15,18-19,29-35,38-43,45-46,48,64-65H,13,16-17,20-28H2,1-12H3,(H,57,68)(H,58,70)(H,59,69)/t32-,33-,34-,35+,38-,39-,40-,41+,42-,43-,45+,46-,48?/m0/s1. The van der Waals surface area contributed by atoms with Gasteiger partial charge < -0.3 is 55.2 Å². The first-order valence-corrected chi connectivity index (χ1v) is 27.6. The van der Waals surface area contributed by atoms with E-state index >= 15 is 4.79 Å². The first-order valence-electron chi connectivity index (χ1n) is 27.6. The van der Waals surface area contributed by atoms with Gasteiger partial charge in [-0.15, -0.1) is 0 Å². The van der Waals surface area contributed by atoms with Crippen molar-refractivity contribution in [3.05, 3.63) is 35.4 Å². The van der Waals surface area contributed by atoms with Crippen LogP contribution in [0.2, 0.25) is 0 Å². The Morgan fingerprint density at radius 1 is 0.805 bits per heavy atom. The fourth-order valence-electron chi connectivity index (χ4n) is 10.9. The number of hydrogen-bond acceptors (Lipinski definition) is 14. The van der Waals surface area contributed by atoms with Crippen molar-refractivity contribution in [1.82, 2.24) is 35.6 Å². The topological polar surface area (TPSA) is 279 Å². The second-order valence-corrected chi connectivity index (χ2v) is 22.9. The van der Waals surface area contributed by atoms with E-state index < -0.39 is 150 Å². The van der Waals surface area contributed by atoms with Crippen molar-refractivity contribution < 1.29 is 67.6 Å². The summed E-state index contributed by atoms with van der Waals surface area (Å²) in [4.78, 5) is 149. The number of carbonyl (C=O) groups excluding carboxylic acids is 10. The summed E-state index contributed by atoms with van der Waals surface area (Å²) in [6.07, 6.45) is -4.65. The largest absolute Gasteiger partial charge is 0.458 e. The maximum absolute atomic E-state index is 15.1. The summed E-state index contributed by atoms with van der Waals surface area (Å²) in [5.74, 6) is -10.4. The monoisotopic (exact) mass is 1080 g/mol. The Bertz CT molecular complexity index is 2340. The summed E-state index contributed by atoms with van der Waals surface area (Å²) in [5, 5.41) is 30.3. The number of aliphatic hydroxyl groups is 2. The van der Waals surface area contributed by atoms with Gasteiger partial charge in [0.05, 0.1) is 24.5 Å². The third kappa shape index (κ3) is 15.0. The van der Waals surface area contributed by atoms with E-state index in [0.29, 0.717) is 19.3 Å². The number of esters is 2. The number of carbonyl (C=O) groups is 10. The lowest BCUT2D eigenvalue weighted by Gasteiger charge is -2.40. The number of likely N-dealkylation sites (N-methyl/N-ethyl adjacent to an activating group) is 1. The van der Waals surface area contributed by atoms with Crippen LogP contribution in [0.4, 0.5) is 0 Å². The van der Waals surface area contributed by atoms with E-state index in [-0.39, 0.29) is 63.6 Å². The van der Waals surface area contributed by atoms with E-state index in [9.17, 15) is 53.4 Å². The Balaban J connectivity index is 1.61. The quantitative estimate of drug-likeness (QED) is 0.148. The molecular weight excluding hydrogens is 995 g/mol. The predicted molar refractivity (Wildman–Crippen MR) is 281 cm³/mol. The van der Waals surface area contributed by atoms with Crippen LogP contribution in [0.25, 0.3) is 0 Å². The van der Waals surface area contributed by atoms with Crippen molar-refractivity contribution in [3.63, 3.8) is 0 Å². The van der Waals surface area contributed by atoms with Crippen LogP contribution in [0.1, 0.15) is 139 Å². The van der Waals surface area contributed by atoms with Gasteiger partial charge in [-0.05, 0) is 94.1 Å². The third-order valence-electron chi connectivity index (χ3n) is 15.6. The molecule has 3 fully saturated rings. The Labute approximate surface area is 453 Å². The summed E-state index contributed by atoms with van der Waals surface area (Å²) in [6.45, 7) is 18.5. The van der Waals surface area contributed by atoms with E-state index in [1.807, 2.05) is 39.8 Å². The second kappa shape index (κ2) is 27.1. The molecule has 1 aromatic rings. The number of Topliss-reactive ketones (excluding diaryl/α,β-unsaturated/α-hetero) is 1. The highest BCUT2D eigenvalue weighted by Crippen LogP contribution is 2.31. The van der Waals surface area contributed by atoms with E-state index in [4.69, 9.17) is 9.47 Å². The Hall–Kier alpha value is -5.96. The molecule has 1 unspecified atom stereocenters. The lowest BCUT2D eigenvalue weighted by atomic mass is 9.91. The molecule has 3 saturated heterocycles. The molecule has 13 atom stereocenters. The van der Waals surface area contributed by atoms with E-state index in [1.54, 1.807) is 39.8 Å². The molecular formula is C56H85N7O14. The zero-order valence-corrected chi connectivity index (χ0v) is 47.1. The van der Waals surface area contributed by atoms with Crippen LogP contribution in [0, 0.1) is 29.6 Å². The van der Waals surface area contributed by atoms with Gasteiger partial charge in [0.2, 0.25) is 35.4 Å². The molecule has 21 heteroatoms. The Morgan fingerprint density at radius 3 is 2.06 bits per heavy atom. The normalized spacial score (nSPS) is 28.7.